The number of nitrogens with zero attached hydrogens (tertiary/aromatic N) is 2. The molecule has 0 saturated carbocycles. The number of carbonyl (C=O) groups excluding carboxylic acids is 2. The Balaban J connectivity index is 1.58. The molecule has 1 fully saturated rings. The summed E-state index contributed by atoms with van der Waals surface area (Å²) in [5.74, 6) is -3.45. The number of hydrogen-bond acceptors (Lipinski definition) is 3. The number of carbonyl (C=O) groups is 2. The first kappa shape index (κ1) is 19.3. The summed E-state index contributed by atoms with van der Waals surface area (Å²) in [6.07, 6.45) is 0. The number of rotatable bonds is 4. The molecule has 0 spiro atoms. The Morgan fingerprint density at radius 1 is 0.852 bits per heavy atom. The summed E-state index contributed by atoms with van der Waals surface area (Å²) in [4.78, 5) is 28.6. The Morgan fingerprint density at radius 2 is 1.41 bits per heavy atom. The lowest BCUT2D eigenvalue weighted by Crippen LogP contribution is -2.50. The number of hydrogen-bond donors (Lipinski definition) is 0. The molecule has 142 valence electrons. The fraction of sp³-hybridized carbons (Fsp3) is 0.263. The van der Waals surface area contributed by atoms with Crippen LogP contribution < -0.4 is 0 Å². The predicted octanol–water partition coefficient (Wildman–Crippen LogP) is 3.74. The first-order valence-electron chi connectivity index (χ1n) is 8.33. The lowest BCUT2D eigenvalue weighted by atomic mass is 10.1. The van der Waals surface area contributed by atoms with E-state index in [0.717, 1.165) is 0 Å². The van der Waals surface area contributed by atoms with E-state index in [9.17, 15) is 22.8 Å². The van der Waals surface area contributed by atoms with Crippen molar-refractivity contribution < 1.29 is 22.8 Å². The van der Waals surface area contributed by atoms with E-state index in [2.05, 4.69) is 0 Å². The van der Waals surface area contributed by atoms with Gasteiger partial charge in [-0.1, -0.05) is 17.8 Å². The zero-order valence-corrected chi connectivity index (χ0v) is 15.1. The molecule has 0 bridgehead atoms. The molecule has 1 aliphatic heterocycles. The van der Waals surface area contributed by atoms with Crippen LogP contribution in [0.25, 0.3) is 0 Å². The Hall–Kier alpha value is -2.48. The quantitative estimate of drug-likeness (QED) is 0.742. The highest BCUT2D eigenvalue weighted by atomic mass is 32.2. The molecule has 4 nitrogen and oxygen atoms in total. The van der Waals surface area contributed by atoms with Crippen LogP contribution in [-0.2, 0) is 0 Å². The van der Waals surface area contributed by atoms with Gasteiger partial charge in [-0.05, 0) is 42.5 Å². The van der Waals surface area contributed by atoms with Gasteiger partial charge in [0.05, 0.1) is 0 Å². The number of thioether (sulfide) groups is 1. The van der Waals surface area contributed by atoms with Crippen LogP contribution >= 0.6 is 11.8 Å². The third-order valence-electron chi connectivity index (χ3n) is 4.25. The molecule has 0 unspecified atom stereocenters. The van der Waals surface area contributed by atoms with Crippen molar-refractivity contribution in [2.75, 3.05) is 26.2 Å². The second-order valence-electron chi connectivity index (χ2n) is 6.00. The van der Waals surface area contributed by atoms with Crippen LogP contribution in [0.4, 0.5) is 13.2 Å². The minimum absolute atomic E-state index is 0.207. The van der Waals surface area contributed by atoms with Crippen LogP contribution in [-0.4, -0.2) is 53.6 Å². The SMILES string of the molecule is O=C(c1ccc(SC(F)F)cc1)N1CCN(C(=O)c2cccc(F)c2)CC1. The highest BCUT2D eigenvalue weighted by Crippen LogP contribution is 2.25. The van der Waals surface area contributed by atoms with E-state index >= 15 is 0 Å². The van der Waals surface area contributed by atoms with Gasteiger partial charge in [0.1, 0.15) is 5.82 Å². The van der Waals surface area contributed by atoms with E-state index in [-0.39, 0.29) is 17.4 Å². The van der Waals surface area contributed by atoms with Crippen molar-refractivity contribution in [1.29, 1.82) is 0 Å². The van der Waals surface area contributed by atoms with E-state index in [0.29, 0.717) is 48.4 Å². The normalized spacial score (nSPS) is 14.5. The molecule has 2 aromatic carbocycles. The second kappa shape index (κ2) is 8.47. The van der Waals surface area contributed by atoms with Crippen LogP contribution in [0.5, 0.6) is 0 Å². The standard InChI is InChI=1S/C19H17F3N2O2S/c20-15-3-1-2-14(12-15)18(26)24-10-8-23(9-11-24)17(25)13-4-6-16(7-5-13)27-19(21)22/h1-7,12,19H,8-11H2. The molecule has 27 heavy (non-hydrogen) atoms. The van der Waals surface area contributed by atoms with Crippen molar-refractivity contribution in [3.8, 4) is 0 Å². The first-order valence-corrected chi connectivity index (χ1v) is 9.21. The zero-order valence-electron chi connectivity index (χ0n) is 14.3. The number of benzene rings is 2. The molecule has 3 rings (SSSR count). The maximum Gasteiger partial charge on any atom is 0.288 e. The Bertz CT molecular complexity index is 822. The molecule has 1 saturated heterocycles. The molecule has 0 atom stereocenters. The van der Waals surface area contributed by atoms with Crippen LogP contribution in [0.3, 0.4) is 0 Å². The molecule has 1 aliphatic rings. The Morgan fingerprint density at radius 3 is 1.93 bits per heavy atom. The monoisotopic (exact) mass is 394 g/mol. The highest BCUT2D eigenvalue weighted by molar-refractivity contribution is 7.99. The molecule has 0 N–H and O–H groups in total. The van der Waals surface area contributed by atoms with Gasteiger partial charge in [0.2, 0.25) is 0 Å². The van der Waals surface area contributed by atoms with Crippen LogP contribution in [0.15, 0.2) is 53.4 Å². The van der Waals surface area contributed by atoms with Gasteiger partial charge in [0.15, 0.2) is 0 Å². The summed E-state index contributed by atoms with van der Waals surface area (Å²) in [7, 11) is 0. The van der Waals surface area contributed by atoms with Crippen molar-refractivity contribution in [2.24, 2.45) is 0 Å². The molecule has 0 aliphatic carbocycles. The summed E-state index contributed by atoms with van der Waals surface area (Å²) < 4.78 is 38.0. The maximum atomic E-state index is 13.3. The van der Waals surface area contributed by atoms with Gasteiger partial charge in [-0.3, -0.25) is 9.59 Å². The van der Waals surface area contributed by atoms with Gasteiger partial charge < -0.3 is 9.80 Å². The lowest BCUT2D eigenvalue weighted by molar-refractivity contribution is 0.0535. The summed E-state index contributed by atoms with van der Waals surface area (Å²) in [6.45, 7) is 1.40. The van der Waals surface area contributed by atoms with E-state index < -0.39 is 11.6 Å². The number of amides is 2. The molecule has 0 radical (unpaired) electrons. The molecular formula is C19H17F3N2O2S. The van der Waals surface area contributed by atoms with Gasteiger partial charge in [0.25, 0.3) is 17.6 Å². The first-order chi connectivity index (χ1) is 12.9. The number of alkyl halides is 2. The van der Waals surface area contributed by atoms with Crippen molar-refractivity contribution in [2.45, 2.75) is 10.7 Å². The van der Waals surface area contributed by atoms with E-state index in [1.165, 1.54) is 42.5 Å². The van der Waals surface area contributed by atoms with Gasteiger partial charge in [-0.25, -0.2) is 4.39 Å². The molecule has 2 amide bonds. The van der Waals surface area contributed by atoms with E-state index in [1.807, 2.05) is 0 Å². The number of halogens is 3. The van der Waals surface area contributed by atoms with Crippen LogP contribution in [0, 0.1) is 5.82 Å². The van der Waals surface area contributed by atoms with Crippen LogP contribution in [0.1, 0.15) is 20.7 Å². The average molecular weight is 394 g/mol. The summed E-state index contributed by atoms with van der Waals surface area (Å²) in [5, 5.41) is 0. The van der Waals surface area contributed by atoms with Crippen molar-refractivity contribution in [3.05, 3.63) is 65.5 Å². The van der Waals surface area contributed by atoms with Gasteiger partial charge in [0, 0.05) is 42.2 Å². The van der Waals surface area contributed by atoms with Crippen LogP contribution in [0.2, 0.25) is 0 Å². The summed E-state index contributed by atoms with van der Waals surface area (Å²) >= 11 is 0.428. The van der Waals surface area contributed by atoms with Crippen molar-refractivity contribution in [1.82, 2.24) is 9.80 Å². The molecular weight excluding hydrogens is 377 g/mol. The Kier molecular flexibility index (Phi) is 6.05. The van der Waals surface area contributed by atoms with Gasteiger partial charge in [-0.15, -0.1) is 0 Å². The average Bonchev–Trinajstić information content (AvgIpc) is 2.67. The summed E-state index contributed by atoms with van der Waals surface area (Å²) in [5.41, 5.74) is 0.695. The minimum atomic E-state index is -2.50. The largest absolute Gasteiger partial charge is 0.335 e. The van der Waals surface area contributed by atoms with E-state index in [4.69, 9.17) is 0 Å². The third kappa shape index (κ3) is 4.82. The second-order valence-corrected chi connectivity index (χ2v) is 7.06. The maximum absolute atomic E-state index is 13.3. The van der Waals surface area contributed by atoms with Gasteiger partial charge >= 0.3 is 0 Å². The van der Waals surface area contributed by atoms with Crippen molar-refractivity contribution in [3.63, 3.8) is 0 Å². The minimum Gasteiger partial charge on any atom is -0.335 e. The van der Waals surface area contributed by atoms with Crippen molar-refractivity contribution >= 4 is 23.6 Å². The van der Waals surface area contributed by atoms with E-state index in [1.54, 1.807) is 15.9 Å². The molecule has 2 aromatic rings. The smallest absolute Gasteiger partial charge is 0.288 e. The third-order valence-corrected chi connectivity index (χ3v) is 4.97. The summed E-state index contributed by atoms with van der Waals surface area (Å²) in [6, 6.07) is 11.5. The zero-order chi connectivity index (χ0) is 19.4. The fourth-order valence-electron chi connectivity index (χ4n) is 2.88. The fourth-order valence-corrected chi connectivity index (χ4v) is 3.38. The molecule has 0 aromatic heterocycles. The molecule has 8 heteroatoms. The number of piperazine rings is 1. The molecule has 1 heterocycles. The lowest BCUT2D eigenvalue weighted by Gasteiger charge is -2.35. The highest BCUT2D eigenvalue weighted by Gasteiger charge is 2.25. The Labute approximate surface area is 158 Å². The predicted molar refractivity (Wildman–Crippen MR) is 96.5 cm³/mol. The topological polar surface area (TPSA) is 40.6 Å². The van der Waals surface area contributed by atoms with Gasteiger partial charge in [-0.2, -0.15) is 8.78 Å².